The van der Waals surface area contributed by atoms with Crippen molar-refractivity contribution in [1.82, 2.24) is 14.9 Å². The molecule has 2 heterocycles. The molecule has 7 nitrogen and oxygen atoms in total. The average molecular weight is 288 g/mol. The van der Waals surface area contributed by atoms with Crippen molar-refractivity contribution < 1.29 is 14.7 Å². The Labute approximate surface area is 122 Å². The summed E-state index contributed by atoms with van der Waals surface area (Å²) in [4.78, 5) is 31.9. The van der Waals surface area contributed by atoms with Gasteiger partial charge in [0.05, 0.1) is 0 Å². The van der Waals surface area contributed by atoms with Gasteiger partial charge >= 0.3 is 5.97 Å². The summed E-state index contributed by atoms with van der Waals surface area (Å²) in [5, 5.41) is 12.2. The monoisotopic (exact) mass is 288 g/mol. The predicted molar refractivity (Wildman–Crippen MR) is 75.8 cm³/mol. The van der Waals surface area contributed by atoms with Crippen molar-refractivity contribution in [3.05, 3.63) is 17.6 Å². The van der Waals surface area contributed by atoms with Gasteiger partial charge in [0.25, 0.3) is 0 Å². The average Bonchev–Trinajstić information content (AvgIpc) is 2.47. The number of carbonyl (C=O) groups is 2. The van der Waals surface area contributed by atoms with Crippen molar-refractivity contribution in [3.8, 4) is 12.3 Å². The number of rotatable bonds is 3. The van der Waals surface area contributed by atoms with Crippen LogP contribution < -0.4 is 5.32 Å². The van der Waals surface area contributed by atoms with E-state index in [4.69, 9.17) is 11.5 Å². The number of carboxylic acid groups (broad SMARTS) is 1. The van der Waals surface area contributed by atoms with E-state index < -0.39 is 5.97 Å². The zero-order valence-electron chi connectivity index (χ0n) is 11.7. The Bertz CT molecular complexity index is 601. The normalized spacial score (nSPS) is 15.3. The summed E-state index contributed by atoms with van der Waals surface area (Å²) >= 11 is 0. The van der Waals surface area contributed by atoms with Gasteiger partial charge in [0.1, 0.15) is 5.82 Å². The summed E-state index contributed by atoms with van der Waals surface area (Å²) in [5.74, 6) is 1.60. The molecule has 1 aromatic rings. The lowest BCUT2D eigenvalue weighted by molar-refractivity contribution is -0.129. The fourth-order valence-corrected chi connectivity index (χ4v) is 2.24. The summed E-state index contributed by atoms with van der Waals surface area (Å²) in [6, 6.07) is 1.49. The van der Waals surface area contributed by atoms with Gasteiger partial charge in [0.15, 0.2) is 5.69 Å². The molecule has 7 heteroatoms. The van der Waals surface area contributed by atoms with Crippen LogP contribution in [0.4, 0.5) is 5.82 Å². The van der Waals surface area contributed by atoms with E-state index in [9.17, 15) is 9.59 Å². The molecule has 2 N–H and O–H groups in total. The molecule has 0 bridgehead atoms. The van der Waals surface area contributed by atoms with Crippen LogP contribution in [0, 0.1) is 12.3 Å². The second-order valence-corrected chi connectivity index (χ2v) is 4.84. The van der Waals surface area contributed by atoms with Gasteiger partial charge in [-0.3, -0.25) is 4.79 Å². The van der Waals surface area contributed by atoms with Gasteiger partial charge in [-0.2, -0.15) is 0 Å². The molecular formula is C14H16N4O3. The van der Waals surface area contributed by atoms with Crippen molar-refractivity contribution >= 4 is 17.7 Å². The van der Waals surface area contributed by atoms with Crippen LogP contribution in [0.5, 0.6) is 0 Å². The van der Waals surface area contributed by atoms with Crippen LogP contribution in [0.2, 0.25) is 0 Å². The van der Waals surface area contributed by atoms with Crippen LogP contribution in [0.3, 0.4) is 0 Å². The lowest BCUT2D eigenvalue weighted by Gasteiger charge is -2.31. The molecule has 1 aliphatic heterocycles. The lowest BCUT2D eigenvalue weighted by atomic mass is 10.1. The van der Waals surface area contributed by atoms with Crippen LogP contribution in [-0.4, -0.2) is 51.0 Å². The summed E-state index contributed by atoms with van der Waals surface area (Å²) in [6.45, 7) is 2.90. The van der Waals surface area contributed by atoms with E-state index in [2.05, 4.69) is 21.2 Å². The fourth-order valence-electron chi connectivity index (χ4n) is 2.24. The zero-order chi connectivity index (χ0) is 15.4. The third-order valence-corrected chi connectivity index (χ3v) is 3.37. The predicted octanol–water partition coefficient (Wildman–Crippen LogP) is 0.579. The van der Waals surface area contributed by atoms with Gasteiger partial charge in [-0.05, 0) is 18.8 Å². The molecule has 0 radical (unpaired) electrons. The van der Waals surface area contributed by atoms with Gasteiger partial charge in [0, 0.05) is 32.1 Å². The van der Waals surface area contributed by atoms with Crippen molar-refractivity contribution in [1.29, 1.82) is 0 Å². The largest absolute Gasteiger partial charge is 0.477 e. The summed E-state index contributed by atoms with van der Waals surface area (Å²) < 4.78 is 0. The van der Waals surface area contributed by atoms with E-state index in [1.165, 1.54) is 6.07 Å². The topological polar surface area (TPSA) is 95.4 Å². The first kappa shape index (κ1) is 14.8. The minimum Gasteiger partial charge on any atom is -0.477 e. The van der Waals surface area contributed by atoms with Crippen molar-refractivity contribution in [2.75, 3.05) is 18.4 Å². The highest BCUT2D eigenvalue weighted by molar-refractivity contribution is 5.86. The molecule has 1 aromatic heterocycles. The number of anilines is 1. The summed E-state index contributed by atoms with van der Waals surface area (Å²) in [7, 11) is 0. The molecule has 110 valence electrons. The number of piperidine rings is 1. The number of amides is 1. The maximum atomic E-state index is 11.3. The molecule has 0 aliphatic carbocycles. The number of likely N-dealkylation sites (tertiary alicyclic amines) is 1. The molecule has 1 aliphatic rings. The first-order chi connectivity index (χ1) is 9.99. The van der Waals surface area contributed by atoms with Crippen LogP contribution in [-0.2, 0) is 4.79 Å². The minimum atomic E-state index is -1.15. The van der Waals surface area contributed by atoms with E-state index in [0.29, 0.717) is 18.9 Å². The van der Waals surface area contributed by atoms with E-state index in [0.717, 1.165) is 12.8 Å². The first-order valence-corrected chi connectivity index (χ1v) is 6.60. The number of carboxylic acids is 1. The van der Waals surface area contributed by atoms with Gasteiger partial charge in [-0.15, -0.1) is 6.42 Å². The molecule has 0 spiro atoms. The molecule has 0 unspecified atom stereocenters. The van der Waals surface area contributed by atoms with Gasteiger partial charge < -0.3 is 15.3 Å². The SMILES string of the molecule is C#Cc1nc(NC2CCN(C(C)=O)CC2)cc(C(=O)O)n1. The third kappa shape index (κ3) is 3.69. The van der Waals surface area contributed by atoms with Crippen LogP contribution in [0.1, 0.15) is 36.1 Å². The van der Waals surface area contributed by atoms with Crippen LogP contribution in [0.25, 0.3) is 0 Å². The fraction of sp³-hybridized carbons (Fsp3) is 0.429. The molecule has 1 fully saturated rings. The number of hydrogen-bond acceptors (Lipinski definition) is 5. The highest BCUT2D eigenvalue weighted by Crippen LogP contribution is 2.16. The number of nitrogens with one attached hydrogen (secondary N) is 1. The first-order valence-electron chi connectivity index (χ1n) is 6.60. The van der Waals surface area contributed by atoms with Gasteiger partial charge in [-0.25, -0.2) is 14.8 Å². The summed E-state index contributed by atoms with van der Waals surface area (Å²) in [5.41, 5.74) is -0.137. The second-order valence-electron chi connectivity index (χ2n) is 4.84. The van der Waals surface area contributed by atoms with Gasteiger partial charge in [0.2, 0.25) is 11.7 Å². The second kappa shape index (κ2) is 6.22. The Hall–Kier alpha value is -2.62. The number of aromatic carboxylic acids is 1. The Morgan fingerprint density at radius 1 is 1.43 bits per heavy atom. The van der Waals surface area contributed by atoms with Gasteiger partial charge in [-0.1, -0.05) is 0 Å². The maximum absolute atomic E-state index is 11.3. The number of aromatic nitrogens is 2. The molecule has 2 rings (SSSR count). The molecular weight excluding hydrogens is 272 g/mol. The number of nitrogens with zero attached hydrogens (tertiary/aromatic N) is 3. The van der Waals surface area contributed by atoms with Crippen molar-refractivity contribution in [3.63, 3.8) is 0 Å². The Kier molecular flexibility index (Phi) is 4.38. The quantitative estimate of drug-likeness (QED) is 0.790. The number of carbonyl (C=O) groups excluding carboxylic acids is 1. The van der Waals surface area contributed by atoms with Crippen LogP contribution >= 0.6 is 0 Å². The highest BCUT2D eigenvalue weighted by Gasteiger charge is 2.21. The smallest absolute Gasteiger partial charge is 0.354 e. The molecule has 1 amide bonds. The Balaban J connectivity index is 2.07. The molecule has 0 aromatic carbocycles. The molecule has 0 atom stereocenters. The Morgan fingerprint density at radius 2 is 2.10 bits per heavy atom. The summed E-state index contributed by atoms with van der Waals surface area (Å²) in [6.07, 6.45) is 6.78. The van der Waals surface area contributed by atoms with Crippen molar-refractivity contribution in [2.45, 2.75) is 25.8 Å². The van der Waals surface area contributed by atoms with Crippen molar-refractivity contribution in [2.24, 2.45) is 0 Å². The van der Waals surface area contributed by atoms with E-state index in [-0.39, 0.29) is 23.5 Å². The number of terminal acetylenes is 1. The highest BCUT2D eigenvalue weighted by atomic mass is 16.4. The Morgan fingerprint density at radius 3 is 2.62 bits per heavy atom. The number of hydrogen-bond donors (Lipinski definition) is 2. The van der Waals surface area contributed by atoms with E-state index in [1.54, 1.807) is 11.8 Å². The maximum Gasteiger partial charge on any atom is 0.354 e. The standard InChI is InChI=1S/C14H16N4O3/c1-3-12-16-11(14(20)21)8-13(17-12)15-10-4-6-18(7-5-10)9(2)19/h1,8,10H,4-7H2,2H3,(H,20,21)(H,15,16,17). The van der Waals surface area contributed by atoms with E-state index in [1.807, 2.05) is 0 Å². The zero-order valence-corrected chi connectivity index (χ0v) is 11.7. The van der Waals surface area contributed by atoms with E-state index >= 15 is 0 Å². The molecule has 0 saturated carbocycles. The lowest BCUT2D eigenvalue weighted by Crippen LogP contribution is -2.41. The van der Waals surface area contributed by atoms with Crippen LogP contribution in [0.15, 0.2) is 6.07 Å². The molecule has 21 heavy (non-hydrogen) atoms. The molecule has 1 saturated heterocycles. The third-order valence-electron chi connectivity index (χ3n) is 3.37. The minimum absolute atomic E-state index is 0.0403.